The Morgan fingerprint density at radius 1 is 1.38 bits per heavy atom. The summed E-state index contributed by atoms with van der Waals surface area (Å²) in [6, 6.07) is 0. The molecule has 72 valence electrons. The number of hydrogen-bond donors (Lipinski definition) is 1. The Morgan fingerprint density at radius 3 is 2.62 bits per heavy atom. The van der Waals surface area contributed by atoms with Gasteiger partial charge in [-0.25, -0.2) is 9.97 Å². The summed E-state index contributed by atoms with van der Waals surface area (Å²) in [7, 11) is 0. The maximum Gasteiger partial charge on any atom is 0.130 e. The topological polar surface area (TPSA) is 55.2 Å². The van der Waals surface area contributed by atoms with Gasteiger partial charge in [-0.1, -0.05) is 0 Å². The average molecular weight is 182 g/mol. The minimum Gasteiger partial charge on any atom is -0.392 e. The van der Waals surface area contributed by atoms with Crippen molar-refractivity contribution in [1.29, 1.82) is 0 Å². The van der Waals surface area contributed by atoms with E-state index in [0.29, 0.717) is 13.2 Å². The van der Waals surface area contributed by atoms with E-state index in [1.807, 2.05) is 6.92 Å². The zero-order valence-corrected chi connectivity index (χ0v) is 7.73. The van der Waals surface area contributed by atoms with Crippen LogP contribution in [-0.4, -0.2) is 28.3 Å². The van der Waals surface area contributed by atoms with Crippen molar-refractivity contribution in [3.05, 3.63) is 23.8 Å². The van der Waals surface area contributed by atoms with Crippen molar-refractivity contribution in [3.63, 3.8) is 0 Å². The highest BCUT2D eigenvalue weighted by atomic mass is 16.5. The molecule has 0 fully saturated rings. The summed E-state index contributed by atoms with van der Waals surface area (Å²) in [5, 5.41) is 8.74. The van der Waals surface area contributed by atoms with Crippen LogP contribution in [0.2, 0.25) is 0 Å². The van der Waals surface area contributed by atoms with E-state index in [-0.39, 0.29) is 6.61 Å². The summed E-state index contributed by atoms with van der Waals surface area (Å²) >= 11 is 0. The Bertz CT molecular complexity index is 236. The SMILES string of the molecule is CCOCCc1ncc(CO)cn1. The first-order valence-corrected chi connectivity index (χ1v) is 4.35. The van der Waals surface area contributed by atoms with E-state index in [0.717, 1.165) is 17.8 Å². The number of nitrogens with zero attached hydrogens (tertiary/aromatic N) is 2. The van der Waals surface area contributed by atoms with Crippen LogP contribution in [0.3, 0.4) is 0 Å². The number of aliphatic hydroxyl groups excluding tert-OH is 1. The van der Waals surface area contributed by atoms with Crippen LogP contribution in [0.1, 0.15) is 18.3 Å². The number of aromatic nitrogens is 2. The van der Waals surface area contributed by atoms with E-state index in [4.69, 9.17) is 9.84 Å². The molecular formula is C9H14N2O2. The highest BCUT2D eigenvalue weighted by Crippen LogP contribution is 1.96. The maximum atomic E-state index is 8.74. The van der Waals surface area contributed by atoms with Gasteiger partial charge in [0.2, 0.25) is 0 Å². The van der Waals surface area contributed by atoms with Gasteiger partial charge in [0.1, 0.15) is 5.82 Å². The summed E-state index contributed by atoms with van der Waals surface area (Å²) in [5.41, 5.74) is 0.736. The van der Waals surface area contributed by atoms with E-state index < -0.39 is 0 Å². The van der Waals surface area contributed by atoms with Crippen LogP contribution in [0.5, 0.6) is 0 Å². The van der Waals surface area contributed by atoms with E-state index in [9.17, 15) is 0 Å². The van der Waals surface area contributed by atoms with E-state index in [1.54, 1.807) is 12.4 Å². The fourth-order valence-corrected chi connectivity index (χ4v) is 0.900. The molecule has 0 saturated heterocycles. The Hall–Kier alpha value is -1.00. The molecule has 0 unspecified atom stereocenters. The van der Waals surface area contributed by atoms with Crippen LogP contribution in [-0.2, 0) is 17.8 Å². The Kier molecular flexibility index (Phi) is 4.35. The van der Waals surface area contributed by atoms with Crippen molar-refractivity contribution in [2.45, 2.75) is 20.0 Å². The lowest BCUT2D eigenvalue weighted by Gasteiger charge is -2.00. The monoisotopic (exact) mass is 182 g/mol. The van der Waals surface area contributed by atoms with Crippen LogP contribution in [0.15, 0.2) is 12.4 Å². The zero-order chi connectivity index (χ0) is 9.52. The van der Waals surface area contributed by atoms with Crippen LogP contribution in [0.25, 0.3) is 0 Å². The van der Waals surface area contributed by atoms with Gasteiger partial charge in [0.05, 0.1) is 13.2 Å². The fraction of sp³-hybridized carbons (Fsp3) is 0.556. The smallest absolute Gasteiger partial charge is 0.130 e. The molecule has 0 bridgehead atoms. The number of rotatable bonds is 5. The number of ether oxygens (including phenoxy) is 1. The van der Waals surface area contributed by atoms with Crippen LogP contribution >= 0.6 is 0 Å². The quantitative estimate of drug-likeness (QED) is 0.675. The van der Waals surface area contributed by atoms with Gasteiger partial charge in [0, 0.05) is 31.0 Å². The van der Waals surface area contributed by atoms with Gasteiger partial charge in [-0.3, -0.25) is 0 Å². The molecule has 0 atom stereocenters. The Balaban J connectivity index is 2.40. The standard InChI is InChI=1S/C9H14N2O2/c1-2-13-4-3-9-10-5-8(7-12)6-11-9/h5-6,12H,2-4,7H2,1H3. The molecule has 1 aromatic rings. The summed E-state index contributed by atoms with van der Waals surface area (Å²) < 4.78 is 5.16. The lowest BCUT2D eigenvalue weighted by atomic mass is 10.3. The summed E-state index contributed by atoms with van der Waals surface area (Å²) in [6.07, 6.45) is 3.99. The first-order chi connectivity index (χ1) is 6.36. The lowest BCUT2D eigenvalue weighted by Crippen LogP contribution is -2.02. The molecule has 0 saturated carbocycles. The minimum absolute atomic E-state index is 0.00819. The van der Waals surface area contributed by atoms with Gasteiger partial charge in [-0.2, -0.15) is 0 Å². The molecule has 0 radical (unpaired) electrons. The lowest BCUT2D eigenvalue weighted by molar-refractivity contribution is 0.149. The molecule has 1 heterocycles. The molecule has 1 N–H and O–H groups in total. The first kappa shape index (κ1) is 10.1. The summed E-state index contributed by atoms with van der Waals surface area (Å²) in [4.78, 5) is 8.14. The molecule has 1 aromatic heterocycles. The van der Waals surface area contributed by atoms with Crippen molar-refractivity contribution in [1.82, 2.24) is 9.97 Å². The van der Waals surface area contributed by atoms with Gasteiger partial charge >= 0.3 is 0 Å². The molecule has 1 rings (SSSR count). The van der Waals surface area contributed by atoms with Crippen molar-refractivity contribution < 1.29 is 9.84 Å². The third-order valence-corrected chi connectivity index (χ3v) is 1.62. The largest absolute Gasteiger partial charge is 0.392 e. The van der Waals surface area contributed by atoms with Crippen molar-refractivity contribution in [3.8, 4) is 0 Å². The molecule has 0 amide bonds. The molecule has 0 aliphatic heterocycles. The zero-order valence-electron chi connectivity index (χ0n) is 7.73. The molecule has 4 nitrogen and oxygen atoms in total. The summed E-state index contributed by atoms with van der Waals surface area (Å²) in [5.74, 6) is 0.755. The molecule has 13 heavy (non-hydrogen) atoms. The number of aliphatic hydroxyl groups is 1. The van der Waals surface area contributed by atoms with Crippen molar-refractivity contribution in [2.24, 2.45) is 0 Å². The van der Waals surface area contributed by atoms with Crippen LogP contribution < -0.4 is 0 Å². The number of hydrogen-bond acceptors (Lipinski definition) is 4. The average Bonchev–Trinajstić information content (AvgIpc) is 2.19. The van der Waals surface area contributed by atoms with Gasteiger partial charge < -0.3 is 9.84 Å². The molecule has 4 heteroatoms. The molecule has 0 aliphatic carbocycles. The van der Waals surface area contributed by atoms with E-state index >= 15 is 0 Å². The minimum atomic E-state index is -0.00819. The van der Waals surface area contributed by atoms with Gasteiger partial charge in [0.15, 0.2) is 0 Å². The van der Waals surface area contributed by atoms with Gasteiger partial charge in [-0.15, -0.1) is 0 Å². The van der Waals surface area contributed by atoms with Crippen molar-refractivity contribution in [2.75, 3.05) is 13.2 Å². The van der Waals surface area contributed by atoms with Crippen LogP contribution in [0.4, 0.5) is 0 Å². The molecule has 0 aliphatic rings. The second-order valence-electron chi connectivity index (χ2n) is 2.61. The molecular weight excluding hydrogens is 168 g/mol. The van der Waals surface area contributed by atoms with Gasteiger partial charge in [0.25, 0.3) is 0 Å². The normalized spacial score (nSPS) is 10.3. The molecule has 0 aromatic carbocycles. The Labute approximate surface area is 77.6 Å². The van der Waals surface area contributed by atoms with Crippen LogP contribution in [0, 0.1) is 0 Å². The predicted octanol–water partition coefficient (Wildman–Crippen LogP) is 0.548. The van der Waals surface area contributed by atoms with E-state index in [2.05, 4.69) is 9.97 Å². The molecule has 0 spiro atoms. The highest BCUT2D eigenvalue weighted by Gasteiger charge is 1.96. The van der Waals surface area contributed by atoms with Crippen molar-refractivity contribution >= 4 is 0 Å². The Morgan fingerprint density at radius 2 is 2.08 bits per heavy atom. The summed E-state index contributed by atoms with van der Waals surface area (Å²) in [6.45, 7) is 3.31. The third kappa shape index (κ3) is 3.48. The van der Waals surface area contributed by atoms with Gasteiger partial charge in [-0.05, 0) is 6.92 Å². The third-order valence-electron chi connectivity index (χ3n) is 1.62. The first-order valence-electron chi connectivity index (χ1n) is 4.35. The predicted molar refractivity (Wildman–Crippen MR) is 48.2 cm³/mol. The highest BCUT2D eigenvalue weighted by molar-refractivity contribution is 5.03. The second-order valence-corrected chi connectivity index (χ2v) is 2.61. The second kappa shape index (κ2) is 5.61. The maximum absolute atomic E-state index is 8.74. The van der Waals surface area contributed by atoms with E-state index in [1.165, 1.54) is 0 Å². The fourth-order valence-electron chi connectivity index (χ4n) is 0.900.